The van der Waals surface area contributed by atoms with Crippen LogP contribution in [0.1, 0.15) is 21.7 Å². The minimum Gasteiger partial charge on any atom is -0.459 e. The Hall–Kier alpha value is -3.60. The van der Waals surface area contributed by atoms with E-state index in [1.165, 1.54) is 6.26 Å². The van der Waals surface area contributed by atoms with Crippen molar-refractivity contribution in [3.05, 3.63) is 100 Å². The molecule has 0 radical (unpaired) electrons. The summed E-state index contributed by atoms with van der Waals surface area (Å²) in [6, 6.07) is 20.2. The van der Waals surface area contributed by atoms with Crippen molar-refractivity contribution >= 4 is 22.5 Å². The summed E-state index contributed by atoms with van der Waals surface area (Å²) in [7, 11) is 0. The van der Waals surface area contributed by atoms with Gasteiger partial charge in [0, 0.05) is 11.3 Å². The lowest BCUT2D eigenvalue weighted by atomic mass is 10.1. The van der Waals surface area contributed by atoms with Gasteiger partial charge in [-0.3, -0.25) is 9.59 Å². The minimum absolute atomic E-state index is 0.142. The molecule has 0 bridgehead atoms. The molecule has 0 aliphatic heterocycles. The van der Waals surface area contributed by atoms with E-state index in [0.717, 1.165) is 16.5 Å². The van der Waals surface area contributed by atoms with Crippen molar-refractivity contribution in [3.63, 3.8) is 0 Å². The van der Waals surface area contributed by atoms with Crippen LogP contribution in [-0.4, -0.2) is 10.9 Å². The van der Waals surface area contributed by atoms with Gasteiger partial charge in [0.15, 0.2) is 5.76 Å². The first-order valence-electron chi connectivity index (χ1n) is 8.65. The number of pyridine rings is 1. The molecular weight excluding hydrogens is 340 g/mol. The molecule has 0 saturated heterocycles. The number of furan rings is 1. The molecule has 1 amide bonds. The van der Waals surface area contributed by atoms with Crippen LogP contribution >= 0.6 is 0 Å². The summed E-state index contributed by atoms with van der Waals surface area (Å²) in [4.78, 5) is 30.1. The van der Waals surface area contributed by atoms with Crippen molar-refractivity contribution in [2.75, 3.05) is 4.90 Å². The Morgan fingerprint density at radius 1 is 1.04 bits per heavy atom. The van der Waals surface area contributed by atoms with Gasteiger partial charge >= 0.3 is 0 Å². The molecule has 134 valence electrons. The number of aryl methyl sites for hydroxylation is 1. The van der Waals surface area contributed by atoms with E-state index in [0.29, 0.717) is 11.3 Å². The second-order valence-corrected chi connectivity index (χ2v) is 6.37. The zero-order valence-corrected chi connectivity index (χ0v) is 14.8. The second-order valence-electron chi connectivity index (χ2n) is 6.37. The number of para-hydroxylation sites is 2. The quantitative estimate of drug-likeness (QED) is 0.592. The summed E-state index contributed by atoms with van der Waals surface area (Å²) in [5.74, 6) is -0.0677. The number of rotatable bonds is 4. The molecule has 0 aliphatic carbocycles. The van der Waals surface area contributed by atoms with Crippen molar-refractivity contribution in [1.82, 2.24) is 4.98 Å². The number of hydrogen-bond acceptors (Lipinski definition) is 3. The monoisotopic (exact) mass is 358 g/mol. The van der Waals surface area contributed by atoms with Crippen molar-refractivity contribution in [3.8, 4) is 0 Å². The molecule has 0 aliphatic rings. The van der Waals surface area contributed by atoms with Crippen LogP contribution in [0.5, 0.6) is 0 Å². The number of anilines is 1. The van der Waals surface area contributed by atoms with Gasteiger partial charge in [0.2, 0.25) is 0 Å². The Balaban J connectivity index is 1.78. The predicted molar refractivity (Wildman–Crippen MR) is 105 cm³/mol. The number of fused-ring (bicyclic) bond motifs is 1. The molecule has 1 N–H and O–H groups in total. The third-order valence-corrected chi connectivity index (χ3v) is 4.54. The number of amides is 1. The number of nitrogens with zero attached hydrogens (tertiary/aromatic N) is 1. The van der Waals surface area contributed by atoms with Gasteiger partial charge in [-0.25, -0.2) is 0 Å². The van der Waals surface area contributed by atoms with Crippen molar-refractivity contribution < 1.29 is 9.21 Å². The van der Waals surface area contributed by atoms with E-state index in [4.69, 9.17) is 4.42 Å². The molecule has 27 heavy (non-hydrogen) atoms. The summed E-state index contributed by atoms with van der Waals surface area (Å²) in [6.07, 6.45) is 1.46. The molecule has 4 rings (SSSR count). The maximum Gasteiger partial charge on any atom is 0.294 e. The van der Waals surface area contributed by atoms with Crippen LogP contribution < -0.4 is 10.5 Å². The zero-order chi connectivity index (χ0) is 18.8. The zero-order valence-electron chi connectivity index (χ0n) is 14.8. The standard InChI is InChI=1S/C22H18N2O3/c1-15-7-5-8-16-13-17(21(25)23-20(15)16)14-24(18-9-3-2-4-10-18)22(26)19-11-6-12-27-19/h2-13H,14H2,1H3,(H,23,25). The van der Waals surface area contributed by atoms with Crippen molar-refractivity contribution in [2.24, 2.45) is 0 Å². The molecule has 2 aromatic heterocycles. The van der Waals surface area contributed by atoms with Crippen LogP contribution in [0.25, 0.3) is 10.9 Å². The Bertz CT molecular complexity index is 1150. The van der Waals surface area contributed by atoms with Gasteiger partial charge < -0.3 is 14.3 Å². The average molecular weight is 358 g/mol. The topological polar surface area (TPSA) is 66.3 Å². The maximum atomic E-state index is 13.0. The fraction of sp³-hybridized carbons (Fsp3) is 0.0909. The fourth-order valence-corrected chi connectivity index (χ4v) is 3.14. The number of carbonyl (C=O) groups excluding carboxylic acids is 1. The highest BCUT2D eigenvalue weighted by Gasteiger charge is 2.21. The number of nitrogens with one attached hydrogen (secondary N) is 1. The minimum atomic E-state index is -0.296. The number of carbonyl (C=O) groups is 1. The second kappa shape index (κ2) is 6.96. The molecular formula is C22H18N2O3. The highest BCUT2D eigenvalue weighted by atomic mass is 16.3. The van der Waals surface area contributed by atoms with Crippen LogP contribution in [0.15, 0.2) is 82.2 Å². The number of H-pyrrole nitrogens is 1. The summed E-state index contributed by atoms with van der Waals surface area (Å²) in [5.41, 5.74) is 2.82. The fourth-order valence-electron chi connectivity index (χ4n) is 3.14. The van der Waals surface area contributed by atoms with Gasteiger partial charge in [-0.15, -0.1) is 0 Å². The lowest BCUT2D eigenvalue weighted by Crippen LogP contribution is -2.32. The highest BCUT2D eigenvalue weighted by molar-refractivity contribution is 6.04. The first-order valence-corrected chi connectivity index (χ1v) is 8.65. The molecule has 0 spiro atoms. The third kappa shape index (κ3) is 3.27. The SMILES string of the molecule is Cc1cccc2cc(CN(C(=O)c3ccco3)c3ccccc3)c(=O)[nH]c12. The molecule has 0 atom stereocenters. The largest absolute Gasteiger partial charge is 0.459 e. The van der Waals surface area contributed by atoms with Crippen molar-refractivity contribution in [1.29, 1.82) is 0 Å². The van der Waals surface area contributed by atoms with Gasteiger partial charge in [0.25, 0.3) is 11.5 Å². The first kappa shape index (κ1) is 16.8. The van der Waals surface area contributed by atoms with Crippen LogP contribution in [0.2, 0.25) is 0 Å². The molecule has 2 aromatic carbocycles. The van der Waals surface area contributed by atoms with E-state index in [-0.39, 0.29) is 23.8 Å². The maximum absolute atomic E-state index is 13.0. The molecule has 5 heteroatoms. The first-order chi connectivity index (χ1) is 13.1. The van der Waals surface area contributed by atoms with Crippen LogP contribution in [-0.2, 0) is 6.54 Å². The van der Waals surface area contributed by atoms with E-state index in [2.05, 4.69) is 4.98 Å². The average Bonchev–Trinajstić information content (AvgIpc) is 3.22. The van der Waals surface area contributed by atoms with E-state index in [9.17, 15) is 9.59 Å². The van der Waals surface area contributed by atoms with Gasteiger partial charge in [-0.1, -0.05) is 36.4 Å². The predicted octanol–water partition coefficient (Wildman–Crippen LogP) is 4.28. The van der Waals surface area contributed by atoms with E-state index in [1.54, 1.807) is 17.0 Å². The number of aromatic nitrogens is 1. The van der Waals surface area contributed by atoms with E-state index >= 15 is 0 Å². The van der Waals surface area contributed by atoms with Gasteiger partial charge in [-0.2, -0.15) is 0 Å². The van der Waals surface area contributed by atoms with Gasteiger partial charge in [0.1, 0.15) is 0 Å². The molecule has 0 saturated carbocycles. The summed E-state index contributed by atoms with van der Waals surface area (Å²) < 4.78 is 5.27. The van der Waals surface area contributed by atoms with Gasteiger partial charge in [-0.05, 0) is 48.2 Å². The molecule has 0 unspecified atom stereocenters. The molecule has 4 aromatic rings. The Labute approximate surface area is 155 Å². The summed E-state index contributed by atoms with van der Waals surface area (Å²) >= 11 is 0. The van der Waals surface area contributed by atoms with Gasteiger partial charge in [0.05, 0.1) is 18.3 Å². The Kier molecular flexibility index (Phi) is 4.34. The molecule has 0 fully saturated rings. The Morgan fingerprint density at radius 2 is 1.85 bits per heavy atom. The number of benzene rings is 2. The number of hydrogen-bond donors (Lipinski definition) is 1. The van der Waals surface area contributed by atoms with Crippen molar-refractivity contribution in [2.45, 2.75) is 13.5 Å². The molecule has 2 heterocycles. The van der Waals surface area contributed by atoms with Crippen LogP contribution in [0, 0.1) is 6.92 Å². The van der Waals surface area contributed by atoms with Crippen LogP contribution in [0.4, 0.5) is 5.69 Å². The van der Waals surface area contributed by atoms with Crippen LogP contribution in [0.3, 0.4) is 0 Å². The van der Waals surface area contributed by atoms with E-state index in [1.807, 2.05) is 61.5 Å². The normalized spacial score (nSPS) is 10.9. The lowest BCUT2D eigenvalue weighted by molar-refractivity contribution is 0.0958. The van der Waals surface area contributed by atoms with E-state index < -0.39 is 0 Å². The smallest absolute Gasteiger partial charge is 0.294 e. The Morgan fingerprint density at radius 3 is 2.59 bits per heavy atom. The highest BCUT2D eigenvalue weighted by Crippen LogP contribution is 2.21. The summed E-state index contributed by atoms with van der Waals surface area (Å²) in [5, 5.41) is 0.933. The number of aromatic amines is 1. The molecule has 5 nitrogen and oxygen atoms in total. The third-order valence-electron chi connectivity index (χ3n) is 4.54. The summed E-state index contributed by atoms with van der Waals surface area (Å²) in [6.45, 7) is 2.09. The lowest BCUT2D eigenvalue weighted by Gasteiger charge is -2.22.